The van der Waals surface area contributed by atoms with Crippen molar-refractivity contribution in [2.24, 2.45) is 5.92 Å². The first kappa shape index (κ1) is 14.1. The Morgan fingerprint density at radius 3 is 2.58 bits per heavy atom. The molecule has 2 rings (SSSR count). The smallest absolute Gasteiger partial charge is 0.236 e. The highest BCUT2D eigenvalue weighted by Crippen LogP contribution is 2.21. The second kappa shape index (κ2) is 7.29. The van der Waals surface area contributed by atoms with Crippen LogP contribution in [0.3, 0.4) is 0 Å². The molecule has 3 nitrogen and oxygen atoms in total. The Hall–Kier alpha value is -1.35. The molecule has 1 aromatic carbocycles. The predicted molar refractivity (Wildman–Crippen MR) is 78.0 cm³/mol. The second-order valence-corrected chi connectivity index (χ2v) is 5.29. The van der Waals surface area contributed by atoms with Crippen LogP contribution in [-0.4, -0.2) is 37.0 Å². The van der Waals surface area contributed by atoms with Gasteiger partial charge in [-0.1, -0.05) is 37.3 Å². The lowest BCUT2D eigenvalue weighted by atomic mass is 9.90. The van der Waals surface area contributed by atoms with Crippen LogP contribution in [0.5, 0.6) is 0 Å². The lowest BCUT2D eigenvalue weighted by Crippen LogP contribution is -2.43. The molecule has 3 heteroatoms. The van der Waals surface area contributed by atoms with E-state index in [4.69, 9.17) is 0 Å². The number of carbonyl (C=O) groups is 1. The predicted octanol–water partition coefficient (Wildman–Crippen LogP) is 2.08. The molecule has 0 radical (unpaired) electrons. The van der Waals surface area contributed by atoms with Crippen molar-refractivity contribution in [2.75, 3.05) is 26.2 Å². The van der Waals surface area contributed by atoms with Crippen LogP contribution in [0.4, 0.5) is 0 Å². The van der Waals surface area contributed by atoms with Crippen LogP contribution < -0.4 is 5.32 Å². The van der Waals surface area contributed by atoms with Crippen molar-refractivity contribution in [1.29, 1.82) is 0 Å². The van der Waals surface area contributed by atoms with Gasteiger partial charge in [-0.15, -0.1) is 0 Å². The maximum atomic E-state index is 11.9. The minimum atomic E-state index is 0.250. The molecule has 1 N–H and O–H groups in total. The Morgan fingerprint density at radius 1 is 1.26 bits per heavy atom. The molecule has 0 spiro atoms. The number of likely N-dealkylation sites (tertiary alicyclic amines) is 1. The Morgan fingerprint density at radius 2 is 1.95 bits per heavy atom. The van der Waals surface area contributed by atoms with Gasteiger partial charge in [0.15, 0.2) is 0 Å². The highest BCUT2D eigenvalue weighted by Gasteiger charge is 2.22. The molecule has 1 fully saturated rings. The first-order valence-electron chi connectivity index (χ1n) is 7.32. The summed E-state index contributed by atoms with van der Waals surface area (Å²) in [6.07, 6.45) is 3.41. The number of piperidine rings is 1. The molecule has 1 aliphatic rings. The van der Waals surface area contributed by atoms with Crippen LogP contribution in [0.25, 0.3) is 0 Å². The van der Waals surface area contributed by atoms with E-state index in [0.717, 1.165) is 44.8 Å². The molecule has 1 heterocycles. The quantitative estimate of drug-likeness (QED) is 0.879. The van der Waals surface area contributed by atoms with Gasteiger partial charge in [0, 0.05) is 13.1 Å². The molecule has 0 aliphatic carbocycles. The third-order valence-electron chi connectivity index (χ3n) is 3.86. The molecule has 0 atom stereocenters. The summed E-state index contributed by atoms with van der Waals surface area (Å²) in [6.45, 7) is 5.21. The fourth-order valence-electron chi connectivity index (χ4n) is 2.68. The molecular formula is C16H24N2O. The summed E-state index contributed by atoms with van der Waals surface area (Å²) in [7, 11) is 0. The number of hydrogen-bond acceptors (Lipinski definition) is 2. The van der Waals surface area contributed by atoms with E-state index in [2.05, 4.69) is 35.6 Å². The molecule has 1 aliphatic heterocycles. The minimum Gasteiger partial charge on any atom is -0.342 e. The van der Waals surface area contributed by atoms with Crippen molar-refractivity contribution in [3.8, 4) is 0 Å². The summed E-state index contributed by atoms with van der Waals surface area (Å²) in [5.74, 6) is 0.977. The van der Waals surface area contributed by atoms with Crippen LogP contribution in [0, 0.1) is 5.92 Å². The van der Waals surface area contributed by atoms with E-state index in [-0.39, 0.29) is 5.91 Å². The Labute approximate surface area is 116 Å². The van der Waals surface area contributed by atoms with Crippen LogP contribution >= 0.6 is 0 Å². The maximum absolute atomic E-state index is 11.9. The van der Waals surface area contributed by atoms with Gasteiger partial charge in [0.25, 0.3) is 0 Å². The van der Waals surface area contributed by atoms with Crippen molar-refractivity contribution < 1.29 is 4.79 Å². The molecule has 1 amide bonds. The fraction of sp³-hybridized carbons (Fsp3) is 0.562. The van der Waals surface area contributed by atoms with Crippen molar-refractivity contribution in [3.05, 3.63) is 35.9 Å². The van der Waals surface area contributed by atoms with Crippen molar-refractivity contribution in [3.63, 3.8) is 0 Å². The monoisotopic (exact) mass is 260 g/mol. The van der Waals surface area contributed by atoms with Gasteiger partial charge in [-0.25, -0.2) is 0 Å². The number of hydrogen-bond donors (Lipinski definition) is 1. The zero-order valence-electron chi connectivity index (χ0n) is 11.8. The van der Waals surface area contributed by atoms with Crippen molar-refractivity contribution >= 4 is 5.91 Å². The largest absolute Gasteiger partial charge is 0.342 e. The number of nitrogens with zero attached hydrogens (tertiary/aromatic N) is 1. The van der Waals surface area contributed by atoms with Gasteiger partial charge in [0.05, 0.1) is 6.54 Å². The number of benzene rings is 1. The van der Waals surface area contributed by atoms with Crippen LogP contribution in [-0.2, 0) is 11.2 Å². The number of carbonyl (C=O) groups excluding carboxylic acids is 1. The highest BCUT2D eigenvalue weighted by molar-refractivity contribution is 5.78. The summed E-state index contributed by atoms with van der Waals surface area (Å²) in [5.41, 5.74) is 1.42. The van der Waals surface area contributed by atoms with E-state index in [9.17, 15) is 4.79 Å². The van der Waals surface area contributed by atoms with Gasteiger partial charge in [-0.3, -0.25) is 4.79 Å². The first-order chi connectivity index (χ1) is 9.29. The van der Waals surface area contributed by atoms with Gasteiger partial charge >= 0.3 is 0 Å². The minimum absolute atomic E-state index is 0.250. The number of nitrogens with one attached hydrogen (secondary N) is 1. The van der Waals surface area contributed by atoms with Gasteiger partial charge in [-0.2, -0.15) is 0 Å². The fourth-order valence-corrected chi connectivity index (χ4v) is 2.68. The van der Waals surface area contributed by atoms with Crippen molar-refractivity contribution in [2.45, 2.75) is 26.2 Å². The maximum Gasteiger partial charge on any atom is 0.236 e. The first-order valence-corrected chi connectivity index (χ1v) is 7.32. The zero-order chi connectivity index (χ0) is 13.5. The van der Waals surface area contributed by atoms with Gasteiger partial charge in [-0.05, 0) is 37.3 Å². The normalized spacial score (nSPS) is 16.6. The van der Waals surface area contributed by atoms with Crippen LogP contribution in [0.15, 0.2) is 30.3 Å². The molecule has 1 saturated heterocycles. The lowest BCUT2D eigenvalue weighted by Gasteiger charge is -2.32. The molecule has 0 bridgehead atoms. The van der Waals surface area contributed by atoms with E-state index in [1.807, 2.05) is 11.8 Å². The van der Waals surface area contributed by atoms with Gasteiger partial charge in [0.1, 0.15) is 0 Å². The molecular weight excluding hydrogens is 236 g/mol. The summed E-state index contributed by atoms with van der Waals surface area (Å²) < 4.78 is 0. The Balaban J connectivity index is 1.75. The van der Waals surface area contributed by atoms with E-state index in [1.54, 1.807) is 0 Å². The number of amides is 1. The number of rotatable bonds is 5. The van der Waals surface area contributed by atoms with Gasteiger partial charge in [0.2, 0.25) is 5.91 Å². The van der Waals surface area contributed by atoms with Gasteiger partial charge < -0.3 is 10.2 Å². The molecule has 0 saturated carbocycles. The van der Waals surface area contributed by atoms with E-state index < -0.39 is 0 Å². The van der Waals surface area contributed by atoms with Crippen LogP contribution in [0.2, 0.25) is 0 Å². The molecule has 0 unspecified atom stereocenters. The highest BCUT2D eigenvalue weighted by atomic mass is 16.2. The summed E-state index contributed by atoms with van der Waals surface area (Å²) in [4.78, 5) is 13.9. The molecule has 0 aromatic heterocycles. The van der Waals surface area contributed by atoms with E-state index >= 15 is 0 Å². The molecule has 104 valence electrons. The standard InChI is InChI=1S/C16H24N2O/c1-2-17-13-16(19)18-10-8-15(9-11-18)12-14-6-4-3-5-7-14/h3-7,15,17H,2,8-13H2,1H3. The second-order valence-electron chi connectivity index (χ2n) is 5.29. The summed E-state index contributed by atoms with van der Waals surface area (Å²) >= 11 is 0. The zero-order valence-corrected chi connectivity index (χ0v) is 11.8. The third-order valence-corrected chi connectivity index (χ3v) is 3.86. The Bertz CT molecular complexity index is 383. The van der Waals surface area contributed by atoms with E-state index in [0.29, 0.717) is 6.54 Å². The van der Waals surface area contributed by atoms with Crippen LogP contribution in [0.1, 0.15) is 25.3 Å². The van der Waals surface area contributed by atoms with Crippen molar-refractivity contribution in [1.82, 2.24) is 10.2 Å². The summed E-state index contributed by atoms with van der Waals surface area (Å²) in [6, 6.07) is 10.7. The summed E-state index contributed by atoms with van der Waals surface area (Å²) in [5, 5.41) is 3.11. The Kier molecular flexibility index (Phi) is 5.40. The molecule has 1 aromatic rings. The average Bonchev–Trinajstić information content (AvgIpc) is 2.46. The SMILES string of the molecule is CCNCC(=O)N1CCC(Cc2ccccc2)CC1. The lowest BCUT2D eigenvalue weighted by molar-refractivity contribution is -0.131. The third kappa shape index (κ3) is 4.35. The van der Waals surface area contributed by atoms with E-state index in [1.165, 1.54) is 5.56 Å². The topological polar surface area (TPSA) is 32.3 Å². The molecule has 19 heavy (non-hydrogen) atoms. The number of likely N-dealkylation sites (N-methyl/N-ethyl adjacent to an activating group) is 1. The average molecular weight is 260 g/mol.